The maximum Gasteiger partial charge on any atom is 0.252 e. The van der Waals surface area contributed by atoms with E-state index in [0.29, 0.717) is 72.5 Å². The molecule has 0 spiro atoms. The fourth-order valence-corrected chi connectivity index (χ4v) is 7.37. The van der Waals surface area contributed by atoms with Gasteiger partial charge in [-0.2, -0.15) is 0 Å². The lowest BCUT2D eigenvalue weighted by Crippen LogP contribution is -2.42. The van der Waals surface area contributed by atoms with Crippen molar-refractivity contribution < 1.29 is 24.3 Å². The predicted octanol–water partition coefficient (Wildman–Crippen LogP) is 4.73. The normalized spacial score (nSPS) is 12.4. The smallest absolute Gasteiger partial charge is 0.252 e. The second kappa shape index (κ2) is 20.3. The van der Waals surface area contributed by atoms with Crippen LogP contribution in [0.4, 0.5) is 11.5 Å². The van der Waals surface area contributed by atoms with E-state index in [1.807, 2.05) is 101 Å². The minimum Gasteiger partial charge on any atom is -0.507 e. The summed E-state index contributed by atoms with van der Waals surface area (Å²) >= 11 is 2.04. The van der Waals surface area contributed by atoms with E-state index in [1.165, 1.54) is 6.20 Å². The molecule has 3 heterocycles. The van der Waals surface area contributed by atoms with Crippen molar-refractivity contribution in [1.82, 2.24) is 35.5 Å². The first-order valence-electron chi connectivity index (χ1n) is 19.6. The first-order chi connectivity index (χ1) is 28.5. The molecule has 0 aliphatic carbocycles. The number of hydrogen-bond donors (Lipinski definition) is 5. The molecule has 0 saturated carbocycles. The van der Waals surface area contributed by atoms with Crippen molar-refractivity contribution in [3.8, 4) is 28.3 Å². The second-order valence-electron chi connectivity index (χ2n) is 14.7. The lowest BCUT2D eigenvalue weighted by atomic mass is 9.95. The molecule has 3 aromatic carbocycles. The van der Waals surface area contributed by atoms with Crippen LogP contribution in [-0.2, 0) is 33.9 Å². The van der Waals surface area contributed by atoms with Gasteiger partial charge in [0.05, 0.1) is 33.1 Å². The predicted molar refractivity (Wildman–Crippen MR) is 234 cm³/mol. The molecule has 0 fully saturated rings. The number of hydrogen-bond acceptors (Lipinski definition) is 10. The van der Waals surface area contributed by atoms with Crippen LogP contribution >= 0.6 is 22.6 Å². The van der Waals surface area contributed by atoms with E-state index in [-0.39, 0.29) is 42.2 Å². The molecular formula is C43H49IN10O5. The van der Waals surface area contributed by atoms with E-state index < -0.39 is 6.04 Å². The van der Waals surface area contributed by atoms with Crippen molar-refractivity contribution in [2.24, 2.45) is 5.73 Å². The molecule has 6 rings (SSSR count). The SMILES string of the molecule is CN(C)CCNC(=O)c1ccc(NC(=O)CCCCC(=O)N2Cc3ccccc3-c3nnn(CCCNC(=O)[C@@H](N)Cc4ccc(O)c([125I])c4)c3-c3ccccc32)nc1. The van der Waals surface area contributed by atoms with Gasteiger partial charge in [0, 0.05) is 56.3 Å². The number of para-hydroxylation sites is 1. The van der Waals surface area contributed by atoms with Gasteiger partial charge >= 0.3 is 0 Å². The van der Waals surface area contributed by atoms with Crippen LogP contribution in [0.3, 0.4) is 0 Å². The number of rotatable bonds is 17. The third-order valence-electron chi connectivity index (χ3n) is 9.92. The number of benzene rings is 3. The molecule has 16 heteroatoms. The zero-order chi connectivity index (χ0) is 41.9. The highest BCUT2D eigenvalue weighted by atomic mass is 125. The number of amides is 4. The van der Waals surface area contributed by atoms with E-state index >= 15 is 0 Å². The van der Waals surface area contributed by atoms with Crippen molar-refractivity contribution in [2.45, 2.75) is 57.7 Å². The lowest BCUT2D eigenvalue weighted by Gasteiger charge is -2.29. The highest BCUT2D eigenvalue weighted by Crippen LogP contribution is 2.41. The molecule has 59 heavy (non-hydrogen) atoms. The Morgan fingerprint density at radius 2 is 1.68 bits per heavy atom. The number of carbonyl (C=O) groups is 4. The number of aromatic hydroxyl groups is 1. The maximum absolute atomic E-state index is 14.0. The molecule has 0 unspecified atom stereocenters. The number of fused-ring (bicyclic) bond motifs is 5. The van der Waals surface area contributed by atoms with Crippen LogP contribution in [0.15, 0.2) is 85.1 Å². The summed E-state index contributed by atoms with van der Waals surface area (Å²) in [6.45, 7) is 2.39. The summed E-state index contributed by atoms with van der Waals surface area (Å²) in [7, 11) is 3.86. The summed E-state index contributed by atoms with van der Waals surface area (Å²) in [5.74, 6) is -0.251. The number of nitrogens with zero attached hydrogens (tertiary/aromatic N) is 6. The Morgan fingerprint density at radius 3 is 2.44 bits per heavy atom. The number of likely N-dealkylation sites (N-methyl/N-ethyl adjacent to an activating group) is 1. The largest absolute Gasteiger partial charge is 0.507 e. The van der Waals surface area contributed by atoms with Crippen LogP contribution < -0.4 is 26.6 Å². The average molecular weight is 911 g/mol. The van der Waals surface area contributed by atoms with Gasteiger partial charge in [-0.15, -0.1) is 5.10 Å². The van der Waals surface area contributed by atoms with E-state index in [2.05, 4.69) is 31.2 Å². The van der Waals surface area contributed by atoms with Gasteiger partial charge in [0.1, 0.15) is 17.3 Å². The van der Waals surface area contributed by atoms with Crippen LogP contribution in [-0.4, -0.2) is 93.4 Å². The lowest BCUT2D eigenvalue weighted by molar-refractivity contribution is -0.122. The summed E-state index contributed by atoms with van der Waals surface area (Å²) < 4.78 is 2.52. The first kappa shape index (κ1) is 42.9. The number of aromatic nitrogens is 4. The summed E-state index contributed by atoms with van der Waals surface area (Å²) in [5, 5.41) is 27.5. The summed E-state index contributed by atoms with van der Waals surface area (Å²) in [5.41, 5.74) is 12.3. The van der Waals surface area contributed by atoms with Crippen LogP contribution in [0.1, 0.15) is 53.6 Å². The minimum atomic E-state index is -0.744. The standard InChI is InChI=1S/C43H49IN10O5/c1-52(2)23-21-47-42(58)29-17-19-37(48-26-29)49-38(56)14-7-8-15-39(57)53-27-30-10-3-4-11-31(30)40-41(32-12-5-6-13-35(32)53)54(51-50-40)22-9-20-46-43(59)34(45)25-28-16-18-36(55)33(44)24-28/h3-6,10-13,16-19,24,26,34,55H,7-9,14-15,20-23,25,27,45H2,1-2H3,(H,46,59)(H,47,58)(H,48,49,56)/t34-/m0/s1/i44-2. The number of nitrogens with one attached hydrogen (secondary N) is 3. The highest BCUT2D eigenvalue weighted by Gasteiger charge is 2.29. The number of phenolic OH excluding ortho intramolecular Hbond substituents is 1. The van der Waals surface area contributed by atoms with Gasteiger partial charge in [-0.3, -0.25) is 19.2 Å². The Hall–Kier alpha value is -5.72. The van der Waals surface area contributed by atoms with E-state index in [4.69, 9.17) is 5.73 Å². The molecule has 4 amide bonds. The maximum atomic E-state index is 14.0. The summed E-state index contributed by atoms with van der Waals surface area (Å²) in [6, 6.07) is 23.2. The molecule has 2 aromatic heterocycles. The topological polar surface area (TPSA) is 201 Å². The highest BCUT2D eigenvalue weighted by molar-refractivity contribution is 14.1. The monoisotopic (exact) mass is 910 g/mol. The number of aryl methyl sites for hydroxylation is 1. The number of pyridine rings is 1. The third kappa shape index (κ3) is 11.3. The van der Waals surface area contributed by atoms with E-state index in [1.54, 1.807) is 29.2 Å². The fraction of sp³-hybridized carbons (Fsp3) is 0.326. The number of anilines is 2. The van der Waals surface area contributed by atoms with Gasteiger partial charge in [-0.25, -0.2) is 9.67 Å². The number of phenols is 1. The van der Waals surface area contributed by atoms with Gasteiger partial charge in [-0.05, 0) is 104 Å². The molecule has 0 saturated heterocycles. The first-order valence-corrected chi connectivity index (χ1v) is 20.7. The minimum absolute atomic E-state index is 0.0719. The Kier molecular flexibility index (Phi) is 14.8. The number of nitrogens with two attached hydrogens (primary N) is 1. The van der Waals surface area contributed by atoms with Crippen molar-refractivity contribution in [3.63, 3.8) is 0 Å². The van der Waals surface area contributed by atoms with Crippen LogP contribution in [0, 0.1) is 3.57 Å². The van der Waals surface area contributed by atoms with Crippen molar-refractivity contribution >= 4 is 57.7 Å². The zero-order valence-electron chi connectivity index (χ0n) is 33.2. The molecule has 0 bridgehead atoms. The molecule has 1 aliphatic heterocycles. The number of carbonyl (C=O) groups excluding carboxylic acids is 4. The number of halogens is 1. The molecule has 0 radical (unpaired) electrons. The molecule has 6 N–H and O–H groups in total. The molecule has 1 aliphatic rings. The van der Waals surface area contributed by atoms with Gasteiger partial charge < -0.3 is 36.6 Å². The third-order valence-corrected chi connectivity index (χ3v) is 10.8. The van der Waals surface area contributed by atoms with Crippen LogP contribution in [0.5, 0.6) is 5.75 Å². The molecule has 1 atom stereocenters. The number of unbranched alkanes of at least 4 members (excludes halogenated alkanes) is 1. The van der Waals surface area contributed by atoms with Gasteiger partial charge in [0.15, 0.2) is 0 Å². The van der Waals surface area contributed by atoms with Crippen LogP contribution in [0.25, 0.3) is 22.5 Å². The molecule has 15 nitrogen and oxygen atoms in total. The van der Waals surface area contributed by atoms with Gasteiger partial charge in [0.25, 0.3) is 5.91 Å². The Labute approximate surface area is 356 Å². The Morgan fingerprint density at radius 1 is 0.915 bits per heavy atom. The quantitative estimate of drug-likeness (QED) is 0.0642. The van der Waals surface area contributed by atoms with Gasteiger partial charge in [-0.1, -0.05) is 53.7 Å². The molecule has 308 valence electrons. The Balaban J connectivity index is 1.06. The van der Waals surface area contributed by atoms with E-state index in [0.717, 1.165) is 40.2 Å². The molecular weight excluding hydrogens is 861 g/mol. The average Bonchev–Trinajstić information content (AvgIpc) is 3.64. The second-order valence-corrected chi connectivity index (χ2v) is 15.8. The van der Waals surface area contributed by atoms with Crippen molar-refractivity contribution in [2.75, 3.05) is 43.9 Å². The fourth-order valence-electron chi connectivity index (χ4n) is 6.79. The van der Waals surface area contributed by atoms with Crippen molar-refractivity contribution in [1.29, 1.82) is 0 Å². The molecule has 5 aromatic rings. The summed E-state index contributed by atoms with van der Waals surface area (Å²) in [4.78, 5) is 60.0. The van der Waals surface area contributed by atoms with Crippen molar-refractivity contribution in [3.05, 3.63) is 105 Å². The van der Waals surface area contributed by atoms with Gasteiger partial charge in [0.2, 0.25) is 17.7 Å². The Bertz CT molecular complexity index is 2280. The summed E-state index contributed by atoms with van der Waals surface area (Å²) in [6.07, 6.45) is 3.77. The zero-order valence-corrected chi connectivity index (χ0v) is 35.3. The van der Waals surface area contributed by atoms with Crippen LogP contribution in [0.2, 0.25) is 0 Å². The van der Waals surface area contributed by atoms with E-state index in [9.17, 15) is 24.3 Å².